The van der Waals surface area contributed by atoms with Crippen molar-refractivity contribution >= 4 is 5.97 Å². The van der Waals surface area contributed by atoms with Gasteiger partial charge in [0.1, 0.15) is 5.54 Å². The van der Waals surface area contributed by atoms with E-state index in [0.717, 1.165) is 19.6 Å². The molecular formula is C14H29N3O2. The van der Waals surface area contributed by atoms with E-state index in [-0.39, 0.29) is 6.04 Å². The predicted octanol–water partition coefficient (Wildman–Crippen LogP) is 0.854. The van der Waals surface area contributed by atoms with Gasteiger partial charge in [0.25, 0.3) is 0 Å². The van der Waals surface area contributed by atoms with Crippen molar-refractivity contribution in [1.29, 1.82) is 0 Å². The highest BCUT2D eigenvalue weighted by Crippen LogP contribution is 2.19. The molecule has 5 nitrogen and oxygen atoms in total. The summed E-state index contributed by atoms with van der Waals surface area (Å²) in [6.07, 6.45) is 0.632. The van der Waals surface area contributed by atoms with Gasteiger partial charge in [0.2, 0.25) is 0 Å². The molecule has 0 aromatic heterocycles. The van der Waals surface area contributed by atoms with Crippen LogP contribution < -0.4 is 5.32 Å². The first-order chi connectivity index (χ1) is 8.80. The molecule has 112 valence electrons. The Morgan fingerprint density at radius 3 is 2.63 bits per heavy atom. The van der Waals surface area contributed by atoms with Gasteiger partial charge in [-0.05, 0) is 40.8 Å². The van der Waals surface area contributed by atoms with Crippen LogP contribution in [0.2, 0.25) is 0 Å². The molecule has 1 heterocycles. The number of carboxylic acid groups (broad SMARTS) is 1. The Labute approximate surface area is 117 Å². The van der Waals surface area contributed by atoms with Crippen molar-refractivity contribution in [3.63, 3.8) is 0 Å². The number of piperazine rings is 1. The lowest BCUT2D eigenvalue weighted by Crippen LogP contribution is -2.57. The number of rotatable bonds is 6. The normalized spacial score (nSPS) is 26.9. The summed E-state index contributed by atoms with van der Waals surface area (Å²) in [6.45, 7) is 11.9. The molecule has 0 aromatic carbocycles. The highest BCUT2D eigenvalue weighted by atomic mass is 16.4. The van der Waals surface area contributed by atoms with Crippen LogP contribution in [0.3, 0.4) is 0 Å². The second kappa shape index (κ2) is 6.68. The minimum Gasteiger partial charge on any atom is -0.480 e. The number of carboxylic acids is 1. The fourth-order valence-electron chi connectivity index (χ4n) is 2.82. The Hall–Kier alpha value is -0.650. The topological polar surface area (TPSA) is 55.8 Å². The Kier molecular flexibility index (Phi) is 5.77. The maximum absolute atomic E-state index is 11.5. The fourth-order valence-corrected chi connectivity index (χ4v) is 2.82. The van der Waals surface area contributed by atoms with Gasteiger partial charge >= 0.3 is 5.97 Å². The summed E-state index contributed by atoms with van der Waals surface area (Å²) in [7, 11) is 2.15. The zero-order valence-electron chi connectivity index (χ0n) is 12.9. The molecule has 1 aliphatic rings. The molecule has 1 rings (SSSR count). The summed E-state index contributed by atoms with van der Waals surface area (Å²) >= 11 is 0. The maximum atomic E-state index is 11.5. The minimum atomic E-state index is -0.833. The van der Waals surface area contributed by atoms with Crippen LogP contribution in [-0.2, 0) is 4.79 Å². The van der Waals surface area contributed by atoms with E-state index in [0.29, 0.717) is 19.0 Å². The molecule has 19 heavy (non-hydrogen) atoms. The van der Waals surface area contributed by atoms with Crippen molar-refractivity contribution in [2.75, 3.05) is 33.2 Å². The van der Waals surface area contributed by atoms with Crippen LogP contribution in [0.5, 0.6) is 0 Å². The van der Waals surface area contributed by atoms with E-state index >= 15 is 0 Å². The lowest BCUT2D eigenvalue weighted by Gasteiger charge is -2.42. The van der Waals surface area contributed by atoms with Crippen LogP contribution in [0.25, 0.3) is 0 Å². The van der Waals surface area contributed by atoms with Gasteiger partial charge in [-0.1, -0.05) is 6.92 Å². The Morgan fingerprint density at radius 1 is 1.53 bits per heavy atom. The van der Waals surface area contributed by atoms with Crippen LogP contribution in [-0.4, -0.2) is 71.7 Å². The van der Waals surface area contributed by atoms with Gasteiger partial charge in [0.15, 0.2) is 0 Å². The van der Waals surface area contributed by atoms with Crippen molar-refractivity contribution in [2.45, 2.75) is 51.7 Å². The average molecular weight is 271 g/mol. The SMILES string of the molecule is CCNC(C)(CC(C)N1CCN(C)C(C)C1)C(=O)O. The number of aliphatic carboxylic acids is 1. The van der Waals surface area contributed by atoms with Gasteiger partial charge in [-0.3, -0.25) is 9.69 Å². The predicted molar refractivity (Wildman–Crippen MR) is 77.5 cm³/mol. The van der Waals surface area contributed by atoms with Crippen molar-refractivity contribution in [3.05, 3.63) is 0 Å². The molecule has 1 saturated heterocycles. The highest BCUT2D eigenvalue weighted by Gasteiger charge is 2.36. The molecule has 0 aliphatic carbocycles. The molecule has 0 saturated carbocycles. The number of hydrogen-bond acceptors (Lipinski definition) is 4. The van der Waals surface area contributed by atoms with E-state index in [4.69, 9.17) is 0 Å². The Morgan fingerprint density at radius 2 is 2.16 bits per heavy atom. The van der Waals surface area contributed by atoms with Gasteiger partial charge in [0, 0.05) is 31.7 Å². The van der Waals surface area contributed by atoms with Gasteiger partial charge < -0.3 is 15.3 Å². The van der Waals surface area contributed by atoms with Gasteiger partial charge in [-0.2, -0.15) is 0 Å². The number of nitrogens with zero attached hydrogens (tertiary/aromatic N) is 2. The van der Waals surface area contributed by atoms with Crippen LogP contribution in [0.15, 0.2) is 0 Å². The zero-order chi connectivity index (χ0) is 14.6. The highest BCUT2D eigenvalue weighted by molar-refractivity contribution is 5.78. The third-order valence-electron chi connectivity index (χ3n) is 4.36. The van der Waals surface area contributed by atoms with E-state index in [1.165, 1.54) is 0 Å². The Bertz CT molecular complexity index is 311. The van der Waals surface area contributed by atoms with E-state index in [1.54, 1.807) is 6.92 Å². The second-order valence-electron chi connectivity index (χ2n) is 6.05. The first kappa shape index (κ1) is 16.4. The molecule has 0 radical (unpaired) electrons. The van der Waals surface area contributed by atoms with Crippen LogP contribution in [0, 0.1) is 0 Å². The fraction of sp³-hybridized carbons (Fsp3) is 0.929. The van der Waals surface area contributed by atoms with Crippen LogP contribution >= 0.6 is 0 Å². The zero-order valence-corrected chi connectivity index (χ0v) is 12.9. The molecule has 2 N–H and O–H groups in total. The number of likely N-dealkylation sites (N-methyl/N-ethyl adjacent to an activating group) is 2. The van der Waals surface area contributed by atoms with E-state index < -0.39 is 11.5 Å². The lowest BCUT2D eigenvalue weighted by molar-refractivity contribution is -0.145. The van der Waals surface area contributed by atoms with E-state index in [2.05, 4.69) is 36.0 Å². The van der Waals surface area contributed by atoms with E-state index in [9.17, 15) is 9.90 Å². The van der Waals surface area contributed by atoms with Gasteiger partial charge in [0.05, 0.1) is 0 Å². The largest absolute Gasteiger partial charge is 0.480 e. The molecular weight excluding hydrogens is 242 g/mol. The molecule has 0 bridgehead atoms. The van der Waals surface area contributed by atoms with Crippen molar-refractivity contribution < 1.29 is 9.90 Å². The molecule has 1 fully saturated rings. The first-order valence-electron chi connectivity index (χ1n) is 7.23. The number of nitrogens with one attached hydrogen (secondary N) is 1. The van der Waals surface area contributed by atoms with Crippen molar-refractivity contribution in [3.8, 4) is 0 Å². The summed E-state index contributed by atoms with van der Waals surface area (Å²) in [5, 5.41) is 12.5. The summed E-state index contributed by atoms with van der Waals surface area (Å²) in [4.78, 5) is 16.2. The molecule has 3 unspecified atom stereocenters. The maximum Gasteiger partial charge on any atom is 0.323 e. The van der Waals surface area contributed by atoms with E-state index in [1.807, 2.05) is 6.92 Å². The van der Waals surface area contributed by atoms with Gasteiger partial charge in [-0.25, -0.2) is 0 Å². The molecule has 0 aromatic rings. The third-order valence-corrected chi connectivity index (χ3v) is 4.36. The molecule has 1 aliphatic heterocycles. The summed E-state index contributed by atoms with van der Waals surface area (Å²) in [5.41, 5.74) is -0.833. The van der Waals surface area contributed by atoms with Crippen molar-refractivity contribution in [2.24, 2.45) is 0 Å². The second-order valence-corrected chi connectivity index (χ2v) is 6.05. The minimum absolute atomic E-state index is 0.274. The molecule has 0 amide bonds. The quantitative estimate of drug-likeness (QED) is 0.750. The van der Waals surface area contributed by atoms with Crippen molar-refractivity contribution in [1.82, 2.24) is 15.1 Å². The summed E-state index contributed by atoms with van der Waals surface area (Å²) < 4.78 is 0. The average Bonchev–Trinajstić information content (AvgIpc) is 2.32. The smallest absolute Gasteiger partial charge is 0.323 e. The molecule has 3 atom stereocenters. The summed E-state index contributed by atoms with van der Waals surface area (Å²) in [6, 6.07) is 0.808. The molecule has 0 spiro atoms. The first-order valence-corrected chi connectivity index (χ1v) is 7.23. The molecule has 5 heteroatoms. The number of hydrogen-bond donors (Lipinski definition) is 2. The van der Waals surface area contributed by atoms with Crippen LogP contribution in [0.4, 0.5) is 0 Å². The lowest BCUT2D eigenvalue weighted by atomic mass is 9.92. The standard InChI is InChI=1S/C14H29N3O2/c1-6-15-14(4,13(18)19)9-11(2)17-8-7-16(5)12(3)10-17/h11-12,15H,6-10H2,1-5H3,(H,18,19). The van der Waals surface area contributed by atoms with Gasteiger partial charge in [-0.15, -0.1) is 0 Å². The Balaban J connectivity index is 2.62. The third kappa shape index (κ3) is 4.16. The summed E-state index contributed by atoms with van der Waals surface area (Å²) in [5.74, 6) is -0.761. The monoisotopic (exact) mass is 271 g/mol. The van der Waals surface area contributed by atoms with Crippen LogP contribution in [0.1, 0.15) is 34.1 Å². The number of carbonyl (C=O) groups is 1.